The maximum atomic E-state index is 13.0. The first-order chi connectivity index (χ1) is 7.69. The van der Waals surface area contributed by atoms with Crippen LogP contribution in [-0.2, 0) is 6.54 Å². The van der Waals surface area contributed by atoms with Crippen molar-refractivity contribution in [2.45, 2.75) is 6.54 Å². The summed E-state index contributed by atoms with van der Waals surface area (Å²) in [5, 5.41) is 22.9. The molecule has 0 atom stereocenters. The van der Waals surface area contributed by atoms with Gasteiger partial charge in [-0.1, -0.05) is 11.2 Å². The number of rotatable bonds is 5. The van der Waals surface area contributed by atoms with Gasteiger partial charge < -0.3 is 21.4 Å². The van der Waals surface area contributed by atoms with E-state index in [1.165, 1.54) is 12.1 Å². The fraction of sp³-hybridized carbons (Fsp3) is 0.300. The number of nitrogens with zero attached hydrogens (tertiary/aromatic N) is 1. The zero-order valence-corrected chi connectivity index (χ0v) is 8.65. The third-order valence-corrected chi connectivity index (χ3v) is 2.06. The maximum Gasteiger partial charge on any atom is 0.170 e. The van der Waals surface area contributed by atoms with Crippen LogP contribution in [0.4, 0.5) is 4.39 Å². The molecule has 0 spiro atoms. The summed E-state index contributed by atoms with van der Waals surface area (Å²) in [6.07, 6.45) is 0. The highest BCUT2D eigenvalue weighted by atomic mass is 19.1. The number of nitrogens with two attached hydrogens (primary N) is 1. The Morgan fingerprint density at radius 2 is 2.25 bits per heavy atom. The molecule has 0 radical (unpaired) electrons. The second-order valence-corrected chi connectivity index (χ2v) is 3.19. The van der Waals surface area contributed by atoms with E-state index in [4.69, 9.17) is 16.0 Å². The lowest BCUT2D eigenvalue weighted by atomic mass is 10.1. The quantitative estimate of drug-likeness (QED) is 0.187. The van der Waals surface area contributed by atoms with Crippen molar-refractivity contribution in [3.05, 3.63) is 35.1 Å². The van der Waals surface area contributed by atoms with Crippen LogP contribution >= 0.6 is 0 Å². The molecule has 1 rings (SSSR count). The largest absolute Gasteiger partial charge is 0.409 e. The third-order valence-electron chi connectivity index (χ3n) is 2.06. The van der Waals surface area contributed by atoms with Crippen LogP contribution in [-0.4, -0.2) is 29.3 Å². The lowest BCUT2D eigenvalue weighted by Gasteiger charge is -2.09. The molecule has 0 aromatic heterocycles. The van der Waals surface area contributed by atoms with Gasteiger partial charge in [0.1, 0.15) is 5.82 Å². The zero-order chi connectivity index (χ0) is 12.0. The van der Waals surface area contributed by atoms with Gasteiger partial charge >= 0.3 is 0 Å². The highest BCUT2D eigenvalue weighted by Gasteiger charge is 2.08. The molecule has 0 fully saturated rings. The van der Waals surface area contributed by atoms with Gasteiger partial charge in [0.25, 0.3) is 0 Å². The molecule has 0 aliphatic carbocycles. The van der Waals surface area contributed by atoms with Crippen molar-refractivity contribution in [2.75, 3.05) is 13.2 Å². The molecule has 5 N–H and O–H groups in total. The molecule has 0 bridgehead atoms. The SMILES string of the molecule is NC(=NO)c1cc(F)ccc1CNCCO. The summed E-state index contributed by atoms with van der Waals surface area (Å²) in [5.41, 5.74) is 6.46. The van der Waals surface area contributed by atoms with Gasteiger partial charge in [-0.3, -0.25) is 0 Å². The average molecular weight is 227 g/mol. The van der Waals surface area contributed by atoms with Gasteiger partial charge in [-0.15, -0.1) is 0 Å². The topological polar surface area (TPSA) is 90.9 Å². The Bertz CT molecular complexity index is 382. The summed E-state index contributed by atoms with van der Waals surface area (Å²) in [5.74, 6) is -0.590. The van der Waals surface area contributed by atoms with Gasteiger partial charge in [0.2, 0.25) is 0 Å². The van der Waals surface area contributed by atoms with E-state index in [0.717, 1.165) is 0 Å². The molecule has 0 unspecified atom stereocenters. The van der Waals surface area contributed by atoms with Crippen LogP contribution in [0.2, 0.25) is 0 Å². The predicted molar refractivity (Wildman–Crippen MR) is 57.7 cm³/mol. The number of hydrogen-bond acceptors (Lipinski definition) is 4. The van der Waals surface area contributed by atoms with E-state index in [1.807, 2.05) is 0 Å². The standard InChI is InChI=1S/C10H14FN3O2/c11-8-2-1-7(6-13-3-4-15)9(5-8)10(12)14-16/h1-2,5,13,15-16H,3-4,6H2,(H2,12,14). The van der Waals surface area contributed by atoms with Gasteiger partial charge in [-0.25, -0.2) is 4.39 Å². The van der Waals surface area contributed by atoms with E-state index in [1.54, 1.807) is 6.07 Å². The average Bonchev–Trinajstić information content (AvgIpc) is 2.30. The Morgan fingerprint density at radius 3 is 2.88 bits per heavy atom. The highest BCUT2D eigenvalue weighted by molar-refractivity contribution is 5.98. The fourth-order valence-corrected chi connectivity index (χ4v) is 1.30. The van der Waals surface area contributed by atoms with Crippen LogP contribution < -0.4 is 11.1 Å². The second kappa shape index (κ2) is 6.04. The number of halogens is 1. The van der Waals surface area contributed by atoms with Crippen LogP contribution in [0.5, 0.6) is 0 Å². The third kappa shape index (κ3) is 3.18. The molecule has 6 heteroatoms. The minimum atomic E-state index is -0.451. The molecule has 0 aliphatic rings. The van der Waals surface area contributed by atoms with Crippen molar-refractivity contribution >= 4 is 5.84 Å². The lowest BCUT2D eigenvalue weighted by Crippen LogP contribution is -2.22. The number of amidine groups is 1. The molecule has 88 valence electrons. The fourth-order valence-electron chi connectivity index (χ4n) is 1.30. The van der Waals surface area contributed by atoms with E-state index >= 15 is 0 Å². The summed E-state index contributed by atoms with van der Waals surface area (Å²) in [7, 11) is 0. The minimum absolute atomic E-state index is 0.0140. The molecule has 0 heterocycles. The smallest absolute Gasteiger partial charge is 0.170 e. The second-order valence-electron chi connectivity index (χ2n) is 3.19. The van der Waals surface area contributed by atoms with Gasteiger partial charge in [-0.2, -0.15) is 0 Å². The molecule has 1 aromatic rings. The van der Waals surface area contributed by atoms with Crippen molar-refractivity contribution in [3.63, 3.8) is 0 Å². The van der Waals surface area contributed by atoms with Crippen LogP contribution in [0.3, 0.4) is 0 Å². The zero-order valence-electron chi connectivity index (χ0n) is 8.65. The van der Waals surface area contributed by atoms with E-state index in [2.05, 4.69) is 10.5 Å². The van der Waals surface area contributed by atoms with Gasteiger partial charge in [0.05, 0.1) is 6.61 Å². The molecule has 0 amide bonds. The van der Waals surface area contributed by atoms with Crippen molar-refractivity contribution in [2.24, 2.45) is 10.9 Å². The Balaban J connectivity index is 2.89. The summed E-state index contributed by atoms with van der Waals surface area (Å²) in [6, 6.07) is 4.04. The number of nitrogens with one attached hydrogen (secondary N) is 1. The van der Waals surface area contributed by atoms with Gasteiger partial charge in [0, 0.05) is 18.7 Å². The van der Waals surface area contributed by atoms with Crippen molar-refractivity contribution in [1.82, 2.24) is 5.32 Å². The van der Waals surface area contributed by atoms with Crippen LogP contribution in [0.15, 0.2) is 23.4 Å². The summed E-state index contributed by atoms with van der Waals surface area (Å²) in [6.45, 7) is 0.847. The first-order valence-corrected chi connectivity index (χ1v) is 4.77. The number of aliphatic hydroxyl groups is 1. The predicted octanol–water partition coefficient (Wildman–Crippen LogP) is 0.00210. The molecule has 0 saturated carbocycles. The summed E-state index contributed by atoms with van der Waals surface area (Å²) >= 11 is 0. The highest BCUT2D eigenvalue weighted by Crippen LogP contribution is 2.11. The first kappa shape index (κ1) is 12.4. The number of oxime groups is 1. The maximum absolute atomic E-state index is 13.0. The Kier molecular flexibility index (Phi) is 4.68. The molecule has 5 nitrogen and oxygen atoms in total. The molecule has 0 saturated heterocycles. The number of hydrogen-bond donors (Lipinski definition) is 4. The Labute approximate surface area is 92.4 Å². The number of benzene rings is 1. The van der Waals surface area contributed by atoms with Crippen LogP contribution in [0.25, 0.3) is 0 Å². The molecule has 16 heavy (non-hydrogen) atoms. The van der Waals surface area contributed by atoms with Crippen molar-refractivity contribution < 1.29 is 14.7 Å². The Hall–Kier alpha value is -1.66. The molecule has 1 aromatic carbocycles. The number of aliphatic hydroxyl groups excluding tert-OH is 1. The lowest BCUT2D eigenvalue weighted by molar-refractivity contribution is 0.292. The van der Waals surface area contributed by atoms with E-state index in [-0.39, 0.29) is 12.4 Å². The molecular formula is C10H14FN3O2. The summed E-state index contributed by atoms with van der Waals surface area (Å²) in [4.78, 5) is 0. The van der Waals surface area contributed by atoms with Crippen LogP contribution in [0, 0.1) is 5.82 Å². The normalized spacial score (nSPS) is 11.8. The van der Waals surface area contributed by atoms with Gasteiger partial charge in [-0.05, 0) is 17.7 Å². The van der Waals surface area contributed by atoms with Gasteiger partial charge in [0.15, 0.2) is 5.84 Å². The van der Waals surface area contributed by atoms with Crippen LogP contribution in [0.1, 0.15) is 11.1 Å². The van der Waals surface area contributed by atoms with Crippen molar-refractivity contribution in [1.29, 1.82) is 0 Å². The summed E-state index contributed by atoms with van der Waals surface area (Å²) < 4.78 is 13.0. The van der Waals surface area contributed by atoms with E-state index in [0.29, 0.717) is 24.2 Å². The molecule has 0 aliphatic heterocycles. The monoisotopic (exact) mass is 227 g/mol. The molecular weight excluding hydrogens is 213 g/mol. The van der Waals surface area contributed by atoms with E-state index in [9.17, 15) is 4.39 Å². The minimum Gasteiger partial charge on any atom is -0.409 e. The Morgan fingerprint density at radius 1 is 1.50 bits per heavy atom. The van der Waals surface area contributed by atoms with Crippen molar-refractivity contribution in [3.8, 4) is 0 Å². The van der Waals surface area contributed by atoms with E-state index < -0.39 is 5.82 Å². The first-order valence-electron chi connectivity index (χ1n) is 4.77.